The maximum atomic E-state index is 12.5. The van der Waals surface area contributed by atoms with Gasteiger partial charge in [-0.15, -0.1) is 0 Å². The van der Waals surface area contributed by atoms with Crippen LogP contribution in [0.1, 0.15) is 24.0 Å². The second-order valence-electron chi connectivity index (χ2n) is 6.05. The Morgan fingerprint density at radius 3 is 2.36 bits per heavy atom. The molecule has 0 amide bonds. The molecule has 0 spiro atoms. The van der Waals surface area contributed by atoms with E-state index in [0.29, 0.717) is 19.0 Å². The highest BCUT2D eigenvalue weighted by molar-refractivity contribution is 5.24. The van der Waals surface area contributed by atoms with Crippen molar-refractivity contribution in [2.24, 2.45) is 5.92 Å². The molecule has 124 valence electrons. The molecule has 1 fully saturated rings. The molecular formula is C16H23F3N2O. The predicted octanol–water partition coefficient (Wildman–Crippen LogP) is 2.50. The van der Waals surface area contributed by atoms with Crippen molar-refractivity contribution in [1.82, 2.24) is 10.2 Å². The second-order valence-corrected chi connectivity index (χ2v) is 6.05. The summed E-state index contributed by atoms with van der Waals surface area (Å²) in [5.74, 6) is 0.302. The van der Waals surface area contributed by atoms with Crippen molar-refractivity contribution in [3.8, 4) is 0 Å². The fourth-order valence-corrected chi connectivity index (χ4v) is 2.87. The van der Waals surface area contributed by atoms with E-state index in [1.54, 1.807) is 0 Å². The summed E-state index contributed by atoms with van der Waals surface area (Å²) in [5.41, 5.74) is 0.182. The van der Waals surface area contributed by atoms with E-state index in [1.807, 2.05) is 11.9 Å². The van der Waals surface area contributed by atoms with Crippen LogP contribution in [0.25, 0.3) is 0 Å². The number of aliphatic hydroxyl groups is 1. The third-order valence-electron chi connectivity index (χ3n) is 4.16. The first-order chi connectivity index (χ1) is 10.4. The van der Waals surface area contributed by atoms with Crippen molar-refractivity contribution in [2.75, 3.05) is 26.7 Å². The van der Waals surface area contributed by atoms with Gasteiger partial charge in [0, 0.05) is 13.1 Å². The van der Waals surface area contributed by atoms with Gasteiger partial charge in [-0.2, -0.15) is 13.2 Å². The van der Waals surface area contributed by atoms with Crippen LogP contribution in [-0.2, 0) is 12.7 Å². The summed E-state index contributed by atoms with van der Waals surface area (Å²) in [6, 6.07) is 5.20. The fourth-order valence-electron chi connectivity index (χ4n) is 2.87. The van der Waals surface area contributed by atoms with Gasteiger partial charge in [-0.1, -0.05) is 12.1 Å². The zero-order valence-electron chi connectivity index (χ0n) is 12.7. The van der Waals surface area contributed by atoms with Crippen LogP contribution in [0.2, 0.25) is 0 Å². The molecule has 1 saturated heterocycles. The molecule has 1 aromatic carbocycles. The molecule has 0 aliphatic carbocycles. The van der Waals surface area contributed by atoms with Crippen LogP contribution in [0.4, 0.5) is 13.2 Å². The average Bonchev–Trinajstić information content (AvgIpc) is 2.47. The second kappa shape index (κ2) is 7.44. The number of aliphatic hydroxyl groups excluding tert-OH is 1. The summed E-state index contributed by atoms with van der Waals surface area (Å²) in [4.78, 5) is 1.95. The molecule has 0 aromatic heterocycles. The summed E-state index contributed by atoms with van der Waals surface area (Å²) >= 11 is 0. The summed E-state index contributed by atoms with van der Waals surface area (Å²) < 4.78 is 37.5. The number of nitrogens with one attached hydrogen (secondary N) is 1. The molecule has 1 heterocycles. The lowest BCUT2D eigenvalue weighted by Crippen LogP contribution is -2.39. The molecule has 2 N–H and O–H groups in total. The van der Waals surface area contributed by atoms with Crippen molar-refractivity contribution < 1.29 is 18.3 Å². The van der Waals surface area contributed by atoms with Crippen LogP contribution in [0, 0.1) is 5.92 Å². The topological polar surface area (TPSA) is 35.5 Å². The highest BCUT2D eigenvalue weighted by Gasteiger charge is 2.30. The van der Waals surface area contributed by atoms with Crippen LogP contribution < -0.4 is 5.32 Å². The molecule has 22 heavy (non-hydrogen) atoms. The molecular weight excluding hydrogens is 293 g/mol. The number of halogens is 3. The van der Waals surface area contributed by atoms with E-state index >= 15 is 0 Å². The Hall–Kier alpha value is -1.11. The minimum Gasteiger partial charge on any atom is -0.392 e. The van der Waals surface area contributed by atoms with Gasteiger partial charge < -0.3 is 10.4 Å². The molecule has 1 aliphatic rings. The van der Waals surface area contributed by atoms with E-state index < -0.39 is 11.7 Å². The zero-order valence-corrected chi connectivity index (χ0v) is 12.7. The van der Waals surface area contributed by atoms with Gasteiger partial charge >= 0.3 is 6.18 Å². The van der Waals surface area contributed by atoms with Gasteiger partial charge in [0.2, 0.25) is 0 Å². The standard InChI is InChI=1S/C16H23F3N2O/c1-21(11-15(22)13-6-8-20-9-7-13)10-12-2-4-14(5-3-12)16(17,18)19/h2-5,13,15,20,22H,6-11H2,1H3. The molecule has 3 nitrogen and oxygen atoms in total. The Kier molecular flexibility index (Phi) is 5.83. The summed E-state index contributed by atoms with van der Waals surface area (Å²) in [7, 11) is 1.88. The molecule has 0 bridgehead atoms. The van der Waals surface area contributed by atoms with Crippen molar-refractivity contribution in [2.45, 2.75) is 31.7 Å². The lowest BCUT2D eigenvalue weighted by molar-refractivity contribution is -0.137. The Bertz CT molecular complexity index is 455. The first kappa shape index (κ1) is 17.2. The molecule has 0 radical (unpaired) electrons. The maximum absolute atomic E-state index is 12.5. The third kappa shape index (κ3) is 4.97. The first-order valence-electron chi connectivity index (χ1n) is 7.59. The molecule has 1 atom stereocenters. The van der Waals surface area contributed by atoms with Crippen LogP contribution in [0.15, 0.2) is 24.3 Å². The summed E-state index contributed by atoms with van der Waals surface area (Å²) in [6.45, 7) is 2.93. The molecule has 0 saturated carbocycles. The van der Waals surface area contributed by atoms with Crippen molar-refractivity contribution >= 4 is 0 Å². The quantitative estimate of drug-likeness (QED) is 0.876. The number of likely N-dealkylation sites (N-methyl/N-ethyl adjacent to an activating group) is 1. The van der Waals surface area contributed by atoms with E-state index in [4.69, 9.17) is 0 Å². The lowest BCUT2D eigenvalue weighted by Gasteiger charge is -2.30. The van der Waals surface area contributed by atoms with Gasteiger partial charge in [-0.3, -0.25) is 4.90 Å². The number of benzene rings is 1. The third-order valence-corrected chi connectivity index (χ3v) is 4.16. The normalized spacial score (nSPS) is 18.6. The highest BCUT2D eigenvalue weighted by atomic mass is 19.4. The molecule has 1 aliphatic heterocycles. The molecule has 6 heteroatoms. The van der Waals surface area contributed by atoms with Crippen molar-refractivity contribution in [3.63, 3.8) is 0 Å². The minimum atomic E-state index is -4.30. The van der Waals surface area contributed by atoms with Gasteiger partial charge in [-0.05, 0) is 56.6 Å². The molecule has 2 rings (SSSR count). The Labute approximate surface area is 129 Å². The summed E-state index contributed by atoms with van der Waals surface area (Å²) in [5, 5.41) is 13.5. The number of alkyl halides is 3. The monoisotopic (exact) mass is 316 g/mol. The van der Waals surface area contributed by atoms with E-state index in [-0.39, 0.29) is 6.10 Å². The van der Waals surface area contributed by atoms with Crippen molar-refractivity contribution in [1.29, 1.82) is 0 Å². The van der Waals surface area contributed by atoms with Crippen LogP contribution in [-0.4, -0.2) is 42.8 Å². The Morgan fingerprint density at radius 1 is 1.23 bits per heavy atom. The van der Waals surface area contributed by atoms with Gasteiger partial charge in [0.15, 0.2) is 0 Å². The number of hydrogen-bond donors (Lipinski definition) is 2. The van der Waals surface area contributed by atoms with E-state index in [9.17, 15) is 18.3 Å². The van der Waals surface area contributed by atoms with Crippen LogP contribution in [0.3, 0.4) is 0 Å². The molecule has 1 aromatic rings. The fraction of sp³-hybridized carbons (Fsp3) is 0.625. The van der Waals surface area contributed by atoms with E-state index in [0.717, 1.165) is 43.6 Å². The van der Waals surface area contributed by atoms with E-state index in [1.165, 1.54) is 12.1 Å². The van der Waals surface area contributed by atoms with Gasteiger partial charge in [-0.25, -0.2) is 0 Å². The Balaban J connectivity index is 1.84. The number of nitrogens with zero attached hydrogens (tertiary/aromatic N) is 1. The minimum absolute atomic E-state index is 0.302. The average molecular weight is 316 g/mol. The maximum Gasteiger partial charge on any atom is 0.416 e. The van der Waals surface area contributed by atoms with Crippen molar-refractivity contribution in [3.05, 3.63) is 35.4 Å². The lowest BCUT2D eigenvalue weighted by atomic mass is 9.92. The van der Waals surface area contributed by atoms with E-state index in [2.05, 4.69) is 5.32 Å². The predicted molar refractivity (Wildman–Crippen MR) is 79.4 cm³/mol. The molecule has 1 unspecified atom stereocenters. The number of rotatable bonds is 5. The SMILES string of the molecule is CN(Cc1ccc(C(F)(F)F)cc1)CC(O)C1CCNCC1. The highest BCUT2D eigenvalue weighted by Crippen LogP contribution is 2.29. The van der Waals surface area contributed by atoms with Gasteiger partial charge in [0.25, 0.3) is 0 Å². The van der Waals surface area contributed by atoms with Gasteiger partial charge in [0.05, 0.1) is 11.7 Å². The summed E-state index contributed by atoms with van der Waals surface area (Å²) in [6.07, 6.45) is -2.75. The van der Waals surface area contributed by atoms with Crippen LogP contribution in [0.5, 0.6) is 0 Å². The smallest absolute Gasteiger partial charge is 0.392 e. The largest absolute Gasteiger partial charge is 0.416 e. The number of piperidine rings is 1. The van der Waals surface area contributed by atoms with Gasteiger partial charge in [0.1, 0.15) is 0 Å². The van der Waals surface area contributed by atoms with Crippen LogP contribution >= 0.6 is 0 Å². The zero-order chi connectivity index (χ0) is 16.2. The first-order valence-corrected chi connectivity index (χ1v) is 7.59. The number of hydrogen-bond acceptors (Lipinski definition) is 3. The Morgan fingerprint density at radius 2 is 1.82 bits per heavy atom.